The van der Waals surface area contributed by atoms with Gasteiger partial charge in [-0.25, -0.2) is 4.79 Å². The highest BCUT2D eigenvalue weighted by atomic mass is 16.3. The van der Waals surface area contributed by atoms with Gasteiger partial charge in [-0.15, -0.1) is 0 Å². The molecule has 0 unspecified atom stereocenters. The molecule has 0 aromatic carbocycles. The van der Waals surface area contributed by atoms with E-state index in [1.807, 2.05) is 38.4 Å². The number of urea groups is 1. The van der Waals surface area contributed by atoms with Crippen molar-refractivity contribution in [3.05, 3.63) is 24.5 Å². The Morgan fingerprint density at radius 2 is 1.88 bits per heavy atom. The van der Waals surface area contributed by atoms with Gasteiger partial charge in [-0.05, 0) is 43.7 Å². The Morgan fingerprint density at radius 3 is 2.46 bits per heavy atom. The van der Waals surface area contributed by atoms with Gasteiger partial charge in [0.15, 0.2) is 0 Å². The fourth-order valence-electron chi connectivity index (χ4n) is 2.99. The van der Waals surface area contributed by atoms with Crippen molar-refractivity contribution in [1.82, 2.24) is 15.6 Å². The van der Waals surface area contributed by atoms with E-state index in [4.69, 9.17) is 0 Å². The van der Waals surface area contributed by atoms with E-state index in [1.54, 1.807) is 0 Å². The number of hydrogen-bond acceptors (Lipinski definition) is 4. The van der Waals surface area contributed by atoms with Gasteiger partial charge in [0.2, 0.25) is 0 Å². The van der Waals surface area contributed by atoms with Crippen molar-refractivity contribution < 1.29 is 9.90 Å². The summed E-state index contributed by atoms with van der Waals surface area (Å²) >= 11 is 0. The fraction of sp³-hybridized carbons (Fsp3) is 0.667. The molecule has 0 aliphatic carbocycles. The molecular formula is C18H30N4O2. The number of pyridine rings is 1. The summed E-state index contributed by atoms with van der Waals surface area (Å²) in [6, 6.07) is 3.88. The van der Waals surface area contributed by atoms with Gasteiger partial charge in [-0.3, -0.25) is 4.98 Å². The number of nitrogens with zero attached hydrogens (tertiary/aromatic N) is 2. The van der Waals surface area contributed by atoms with Crippen LogP contribution in [0.1, 0.15) is 39.5 Å². The number of aromatic nitrogens is 1. The van der Waals surface area contributed by atoms with E-state index in [-0.39, 0.29) is 6.03 Å². The first kappa shape index (κ1) is 18.5. The molecule has 0 bridgehead atoms. The fourth-order valence-corrected chi connectivity index (χ4v) is 2.99. The van der Waals surface area contributed by atoms with E-state index >= 15 is 0 Å². The number of piperidine rings is 1. The van der Waals surface area contributed by atoms with Crippen LogP contribution in [-0.4, -0.2) is 47.9 Å². The summed E-state index contributed by atoms with van der Waals surface area (Å²) in [7, 11) is 0. The highest BCUT2D eigenvalue weighted by Crippen LogP contribution is 2.22. The molecule has 24 heavy (non-hydrogen) atoms. The maximum absolute atomic E-state index is 11.9. The second kappa shape index (κ2) is 8.87. The number of rotatable bonds is 7. The molecule has 0 spiro atoms. The zero-order valence-corrected chi connectivity index (χ0v) is 14.8. The topological polar surface area (TPSA) is 77.5 Å². The average Bonchev–Trinajstić information content (AvgIpc) is 2.65. The van der Waals surface area contributed by atoms with E-state index in [0.29, 0.717) is 31.8 Å². The molecule has 134 valence electrons. The lowest BCUT2D eigenvalue weighted by molar-refractivity contribution is 0.0349. The molecule has 2 amide bonds. The Morgan fingerprint density at radius 1 is 1.25 bits per heavy atom. The Labute approximate surface area is 144 Å². The molecule has 1 aromatic heterocycles. The Hall–Kier alpha value is -1.82. The van der Waals surface area contributed by atoms with Gasteiger partial charge in [0.1, 0.15) is 0 Å². The minimum atomic E-state index is -0.798. The first-order chi connectivity index (χ1) is 11.6. The van der Waals surface area contributed by atoms with E-state index in [2.05, 4.69) is 20.5 Å². The first-order valence-corrected chi connectivity index (χ1v) is 8.95. The molecule has 0 atom stereocenters. The second-order valence-corrected chi connectivity index (χ2v) is 6.63. The average molecular weight is 334 g/mol. The molecule has 0 saturated carbocycles. The van der Waals surface area contributed by atoms with Crippen molar-refractivity contribution in [2.24, 2.45) is 5.92 Å². The number of hydrogen-bond donors (Lipinski definition) is 3. The zero-order chi connectivity index (χ0) is 17.4. The molecule has 1 aliphatic rings. The third kappa shape index (κ3) is 5.37. The van der Waals surface area contributed by atoms with Crippen molar-refractivity contribution in [1.29, 1.82) is 0 Å². The van der Waals surface area contributed by atoms with Gasteiger partial charge in [0.05, 0.1) is 5.60 Å². The number of carbonyl (C=O) groups excluding carboxylic acids is 1. The highest BCUT2D eigenvalue weighted by Gasteiger charge is 2.23. The van der Waals surface area contributed by atoms with E-state index < -0.39 is 5.60 Å². The van der Waals surface area contributed by atoms with E-state index in [1.165, 1.54) is 5.69 Å². The van der Waals surface area contributed by atoms with Crippen LogP contribution in [0.4, 0.5) is 10.5 Å². The Kier molecular flexibility index (Phi) is 6.85. The third-order valence-electron chi connectivity index (χ3n) is 5.09. The predicted octanol–water partition coefficient (Wildman–Crippen LogP) is 2.15. The van der Waals surface area contributed by atoms with Crippen LogP contribution in [0.2, 0.25) is 0 Å². The summed E-state index contributed by atoms with van der Waals surface area (Å²) in [6.07, 6.45) is 7.05. The Balaban J connectivity index is 1.66. The number of anilines is 1. The monoisotopic (exact) mass is 334 g/mol. The third-order valence-corrected chi connectivity index (χ3v) is 5.09. The number of carbonyl (C=O) groups is 1. The highest BCUT2D eigenvalue weighted by molar-refractivity contribution is 5.73. The van der Waals surface area contributed by atoms with Crippen molar-refractivity contribution >= 4 is 11.7 Å². The van der Waals surface area contributed by atoms with Crippen molar-refractivity contribution in [2.45, 2.75) is 45.1 Å². The molecule has 6 nitrogen and oxygen atoms in total. The van der Waals surface area contributed by atoms with Crippen LogP contribution in [0.3, 0.4) is 0 Å². The smallest absolute Gasteiger partial charge is 0.314 e. The van der Waals surface area contributed by atoms with Crippen molar-refractivity contribution in [3.63, 3.8) is 0 Å². The van der Waals surface area contributed by atoms with Gasteiger partial charge in [0, 0.05) is 44.3 Å². The van der Waals surface area contributed by atoms with Gasteiger partial charge >= 0.3 is 6.03 Å². The lowest BCUT2D eigenvalue weighted by atomic mass is 9.96. The largest absolute Gasteiger partial charge is 0.388 e. The van der Waals surface area contributed by atoms with Crippen LogP contribution < -0.4 is 15.5 Å². The minimum Gasteiger partial charge on any atom is -0.388 e. The maximum Gasteiger partial charge on any atom is 0.314 e. The molecule has 2 rings (SSSR count). The molecule has 2 heterocycles. The van der Waals surface area contributed by atoms with E-state index in [9.17, 15) is 9.90 Å². The minimum absolute atomic E-state index is 0.188. The van der Waals surface area contributed by atoms with Crippen LogP contribution in [0.15, 0.2) is 24.5 Å². The molecule has 1 aromatic rings. The molecule has 1 aliphatic heterocycles. The molecule has 1 saturated heterocycles. The zero-order valence-electron chi connectivity index (χ0n) is 14.8. The molecule has 0 radical (unpaired) electrons. The summed E-state index contributed by atoms with van der Waals surface area (Å²) < 4.78 is 0. The van der Waals surface area contributed by atoms with Crippen molar-refractivity contribution in [3.8, 4) is 0 Å². The summed E-state index contributed by atoms with van der Waals surface area (Å²) in [5.41, 5.74) is 0.417. The lowest BCUT2D eigenvalue weighted by Gasteiger charge is -2.33. The van der Waals surface area contributed by atoms with Crippen molar-refractivity contribution in [2.75, 3.05) is 31.1 Å². The van der Waals surface area contributed by atoms with Crippen LogP contribution in [0, 0.1) is 5.92 Å². The standard InChI is InChI=1S/C18H30N4O2/c1-3-18(24,4-2)14-21-17(23)20-13-15-7-11-22(12-8-15)16-5-9-19-10-6-16/h5-6,9-10,15,24H,3-4,7-8,11-14H2,1-2H3,(H2,20,21,23). The number of aliphatic hydroxyl groups is 1. The van der Waals surface area contributed by atoms with Crippen LogP contribution in [-0.2, 0) is 0 Å². The van der Waals surface area contributed by atoms with Gasteiger partial charge in [-0.2, -0.15) is 0 Å². The first-order valence-electron chi connectivity index (χ1n) is 8.95. The summed E-state index contributed by atoms with van der Waals surface area (Å²) in [5.74, 6) is 0.505. The van der Waals surface area contributed by atoms with Gasteiger partial charge < -0.3 is 20.6 Å². The maximum atomic E-state index is 11.9. The normalized spacial score (nSPS) is 16.0. The van der Waals surface area contributed by atoms with Crippen LogP contribution in [0.25, 0.3) is 0 Å². The summed E-state index contributed by atoms with van der Waals surface area (Å²) in [4.78, 5) is 18.3. The Bertz CT molecular complexity index is 497. The second-order valence-electron chi connectivity index (χ2n) is 6.63. The summed E-state index contributed by atoms with van der Waals surface area (Å²) in [6.45, 7) is 6.85. The van der Waals surface area contributed by atoms with Crippen LogP contribution >= 0.6 is 0 Å². The predicted molar refractivity (Wildman–Crippen MR) is 96.1 cm³/mol. The molecule has 1 fully saturated rings. The molecular weight excluding hydrogens is 304 g/mol. The van der Waals surface area contributed by atoms with E-state index in [0.717, 1.165) is 25.9 Å². The summed E-state index contributed by atoms with van der Waals surface area (Å²) in [5, 5.41) is 15.9. The number of amides is 2. The molecule has 3 N–H and O–H groups in total. The quantitative estimate of drug-likeness (QED) is 0.714. The van der Waals surface area contributed by atoms with Gasteiger partial charge in [0.25, 0.3) is 0 Å². The van der Waals surface area contributed by atoms with Gasteiger partial charge in [-0.1, -0.05) is 13.8 Å². The lowest BCUT2D eigenvalue weighted by Crippen LogP contribution is -2.47. The van der Waals surface area contributed by atoms with Crippen LogP contribution in [0.5, 0.6) is 0 Å². The SMILES string of the molecule is CCC(O)(CC)CNC(=O)NCC1CCN(c2ccncc2)CC1. The molecule has 6 heteroatoms. The number of nitrogens with one attached hydrogen (secondary N) is 2.